The number of amides is 1. The van der Waals surface area contributed by atoms with E-state index in [1.807, 2.05) is 20.8 Å². The minimum Gasteiger partial charge on any atom is -0.377 e. The molecule has 0 heterocycles. The van der Waals surface area contributed by atoms with Crippen LogP contribution in [0.3, 0.4) is 0 Å². The Kier molecular flexibility index (Phi) is 9.09. The zero-order valence-electron chi connectivity index (χ0n) is 11.9. The second kappa shape index (κ2) is 9.42. The smallest absolute Gasteiger partial charge is 0.237 e. The van der Waals surface area contributed by atoms with Crippen LogP contribution in [0.25, 0.3) is 0 Å². The van der Waals surface area contributed by atoms with Gasteiger partial charge in [-0.1, -0.05) is 13.8 Å². The monoisotopic (exact) mass is 244 g/mol. The van der Waals surface area contributed by atoms with Gasteiger partial charge in [-0.05, 0) is 33.6 Å². The van der Waals surface area contributed by atoms with Crippen LogP contribution in [0.15, 0.2) is 0 Å². The average Bonchev–Trinajstić information content (AvgIpc) is 2.32. The number of carbonyl (C=O) groups excluding carboxylic acids is 1. The lowest BCUT2D eigenvalue weighted by atomic mass is 10.1. The van der Waals surface area contributed by atoms with E-state index in [2.05, 4.69) is 24.5 Å². The quantitative estimate of drug-likeness (QED) is 0.649. The first-order valence-electron chi connectivity index (χ1n) is 6.70. The Hall–Kier alpha value is -0.610. The highest BCUT2D eigenvalue weighted by atomic mass is 16.5. The van der Waals surface area contributed by atoms with E-state index in [-0.39, 0.29) is 24.1 Å². The molecule has 0 radical (unpaired) electrons. The lowest BCUT2D eigenvalue weighted by Crippen LogP contribution is -2.47. The fourth-order valence-corrected chi connectivity index (χ4v) is 1.60. The van der Waals surface area contributed by atoms with E-state index in [1.165, 1.54) is 0 Å². The number of hydrogen-bond donors (Lipinski definition) is 2. The molecule has 0 aromatic rings. The Labute approximate surface area is 105 Å². The summed E-state index contributed by atoms with van der Waals surface area (Å²) in [4.78, 5) is 11.8. The van der Waals surface area contributed by atoms with Gasteiger partial charge in [0.2, 0.25) is 5.91 Å². The van der Waals surface area contributed by atoms with Gasteiger partial charge in [-0.2, -0.15) is 0 Å². The summed E-state index contributed by atoms with van der Waals surface area (Å²) in [6, 6.07) is 0.120. The van der Waals surface area contributed by atoms with Crippen molar-refractivity contribution in [2.45, 2.75) is 65.6 Å². The molecule has 0 spiro atoms. The average molecular weight is 244 g/mol. The zero-order valence-corrected chi connectivity index (χ0v) is 11.9. The highest BCUT2D eigenvalue weighted by Crippen LogP contribution is 1.97. The molecule has 2 unspecified atom stereocenters. The highest BCUT2D eigenvalue weighted by molar-refractivity contribution is 5.81. The van der Waals surface area contributed by atoms with Crippen molar-refractivity contribution in [1.29, 1.82) is 0 Å². The molecule has 0 aliphatic heterocycles. The van der Waals surface area contributed by atoms with Gasteiger partial charge in [0.25, 0.3) is 0 Å². The van der Waals surface area contributed by atoms with Crippen LogP contribution in [0.4, 0.5) is 0 Å². The van der Waals surface area contributed by atoms with Crippen LogP contribution in [-0.2, 0) is 9.53 Å². The van der Waals surface area contributed by atoms with Crippen LogP contribution in [0.2, 0.25) is 0 Å². The molecule has 0 aliphatic rings. The van der Waals surface area contributed by atoms with Gasteiger partial charge in [-0.15, -0.1) is 0 Å². The molecule has 102 valence electrons. The van der Waals surface area contributed by atoms with Crippen LogP contribution in [-0.4, -0.2) is 37.2 Å². The SMILES string of the molecule is CCOC(C)CNC(C)C(=O)NC(CC)CC. The third-order valence-electron chi connectivity index (χ3n) is 2.89. The number of carbonyl (C=O) groups is 1. The molecular formula is C13H28N2O2. The Morgan fingerprint density at radius 2 is 1.76 bits per heavy atom. The zero-order chi connectivity index (χ0) is 13.3. The number of nitrogens with one attached hydrogen (secondary N) is 2. The Balaban J connectivity index is 3.88. The summed E-state index contributed by atoms with van der Waals surface area (Å²) in [6.07, 6.45) is 2.10. The third-order valence-corrected chi connectivity index (χ3v) is 2.89. The van der Waals surface area contributed by atoms with Crippen LogP contribution in [0.1, 0.15) is 47.5 Å². The number of ether oxygens (including phenoxy) is 1. The molecule has 0 saturated heterocycles. The normalized spacial score (nSPS) is 14.7. The molecule has 2 atom stereocenters. The number of rotatable bonds is 9. The Morgan fingerprint density at radius 3 is 2.24 bits per heavy atom. The second-order valence-corrected chi connectivity index (χ2v) is 4.42. The van der Waals surface area contributed by atoms with Crippen molar-refractivity contribution in [2.75, 3.05) is 13.2 Å². The standard InChI is InChI=1S/C13H28N2O2/c1-6-12(7-2)15-13(16)11(5)14-9-10(4)17-8-3/h10-12,14H,6-9H2,1-5H3,(H,15,16). The fourth-order valence-electron chi connectivity index (χ4n) is 1.60. The highest BCUT2D eigenvalue weighted by Gasteiger charge is 2.15. The maximum Gasteiger partial charge on any atom is 0.237 e. The van der Waals surface area contributed by atoms with Crippen molar-refractivity contribution < 1.29 is 9.53 Å². The first kappa shape index (κ1) is 16.4. The van der Waals surface area contributed by atoms with Gasteiger partial charge in [0.15, 0.2) is 0 Å². The topological polar surface area (TPSA) is 50.4 Å². The summed E-state index contributed by atoms with van der Waals surface area (Å²) < 4.78 is 5.40. The predicted molar refractivity (Wildman–Crippen MR) is 71.1 cm³/mol. The lowest BCUT2D eigenvalue weighted by molar-refractivity contribution is -0.123. The van der Waals surface area contributed by atoms with Crippen LogP contribution < -0.4 is 10.6 Å². The minimum absolute atomic E-state index is 0.0717. The van der Waals surface area contributed by atoms with E-state index in [4.69, 9.17) is 4.74 Å². The van der Waals surface area contributed by atoms with Crippen molar-refractivity contribution in [3.8, 4) is 0 Å². The van der Waals surface area contributed by atoms with Gasteiger partial charge in [0.1, 0.15) is 0 Å². The van der Waals surface area contributed by atoms with Crippen molar-refractivity contribution in [2.24, 2.45) is 0 Å². The maximum atomic E-state index is 11.8. The van der Waals surface area contributed by atoms with Crippen molar-refractivity contribution in [3.05, 3.63) is 0 Å². The first-order chi connectivity index (χ1) is 8.04. The minimum atomic E-state index is -0.168. The van der Waals surface area contributed by atoms with E-state index in [1.54, 1.807) is 0 Å². The third kappa shape index (κ3) is 7.34. The summed E-state index contributed by atoms with van der Waals surface area (Å²) in [6.45, 7) is 11.4. The molecular weight excluding hydrogens is 216 g/mol. The van der Waals surface area contributed by atoms with E-state index < -0.39 is 0 Å². The van der Waals surface area contributed by atoms with Gasteiger partial charge in [-0.3, -0.25) is 4.79 Å². The molecule has 4 nitrogen and oxygen atoms in total. The molecule has 0 aliphatic carbocycles. The lowest BCUT2D eigenvalue weighted by Gasteiger charge is -2.20. The summed E-state index contributed by atoms with van der Waals surface area (Å²) in [5.74, 6) is 0.0717. The molecule has 0 aromatic carbocycles. The molecule has 1 amide bonds. The van der Waals surface area contributed by atoms with E-state index in [9.17, 15) is 4.79 Å². The van der Waals surface area contributed by atoms with Gasteiger partial charge < -0.3 is 15.4 Å². The molecule has 2 N–H and O–H groups in total. The maximum absolute atomic E-state index is 11.8. The molecule has 17 heavy (non-hydrogen) atoms. The van der Waals surface area contributed by atoms with Crippen LogP contribution >= 0.6 is 0 Å². The van der Waals surface area contributed by atoms with Crippen LogP contribution in [0.5, 0.6) is 0 Å². The second-order valence-electron chi connectivity index (χ2n) is 4.42. The largest absolute Gasteiger partial charge is 0.377 e. The molecule has 0 fully saturated rings. The summed E-state index contributed by atoms with van der Waals surface area (Å²) in [7, 11) is 0. The van der Waals surface area contributed by atoms with Gasteiger partial charge in [-0.25, -0.2) is 0 Å². The predicted octanol–water partition coefficient (Wildman–Crippen LogP) is 1.69. The van der Waals surface area contributed by atoms with Crippen molar-refractivity contribution >= 4 is 5.91 Å². The van der Waals surface area contributed by atoms with Gasteiger partial charge >= 0.3 is 0 Å². The number of hydrogen-bond acceptors (Lipinski definition) is 3. The van der Waals surface area contributed by atoms with Crippen molar-refractivity contribution in [1.82, 2.24) is 10.6 Å². The van der Waals surface area contributed by atoms with E-state index in [0.717, 1.165) is 12.8 Å². The Bertz CT molecular complexity index is 206. The first-order valence-corrected chi connectivity index (χ1v) is 6.70. The molecule has 0 aromatic heterocycles. The fraction of sp³-hybridized carbons (Fsp3) is 0.923. The van der Waals surface area contributed by atoms with Gasteiger partial charge in [0.05, 0.1) is 12.1 Å². The Morgan fingerprint density at radius 1 is 1.18 bits per heavy atom. The van der Waals surface area contributed by atoms with Crippen molar-refractivity contribution in [3.63, 3.8) is 0 Å². The molecule has 0 saturated carbocycles. The summed E-state index contributed by atoms with van der Waals surface area (Å²) in [5, 5.41) is 6.21. The van der Waals surface area contributed by atoms with E-state index in [0.29, 0.717) is 13.2 Å². The van der Waals surface area contributed by atoms with Crippen LogP contribution in [0, 0.1) is 0 Å². The molecule has 4 heteroatoms. The van der Waals surface area contributed by atoms with E-state index >= 15 is 0 Å². The van der Waals surface area contributed by atoms with Gasteiger partial charge in [0, 0.05) is 19.2 Å². The summed E-state index contributed by atoms with van der Waals surface area (Å²) in [5.41, 5.74) is 0. The molecule has 0 rings (SSSR count). The summed E-state index contributed by atoms with van der Waals surface area (Å²) >= 11 is 0. The molecule has 0 bridgehead atoms.